The molecule has 0 aromatic heterocycles. The van der Waals surface area contributed by atoms with E-state index in [1.807, 2.05) is 12.1 Å². The summed E-state index contributed by atoms with van der Waals surface area (Å²) in [6.07, 6.45) is 1.52. The Kier molecular flexibility index (Phi) is 9.37. The van der Waals surface area contributed by atoms with Crippen molar-refractivity contribution in [2.45, 2.75) is 56.4 Å². The largest absolute Gasteiger partial charge is 0.480 e. The number of carbonyl (C=O) groups excluding carboxylic acids is 1. The highest BCUT2D eigenvalue weighted by molar-refractivity contribution is 7.89. The van der Waals surface area contributed by atoms with E-state index in [-0.39, 0.29) is 35.3 Å². The predicted molar refractivity (Wildman–Crippen MR) is 239 cm³/mol. The van der Waals surface area contributed by atoms with Crippen molar-refractivity contribution in [3.05, 3.63) is 138 Å². The molecule has 1 amide bonds. The first-order chi connectivity index (χ1) is 29.4. The number of rotatable bonds is 7. The molecule has 61 heavy (non-hydrogen) atoms. The van der Waals surface area contributed by atoms with Gasteiger partial charge in [-0.15, -0.1) is 0 Å². The zero-order valence-corrected chi connectivity index (χ0v) is 35.2. The molecule has 5 aliphatic rings. The Hall–Kier alpha value is -6.30. The number of carbonyl (C=O) groups is 2. The second kappa shape index (κ2) is 14.7. The molecule has 308 valence electrons. The molecule has 4 aliphatic heterocycles. The molecule has 5 aromatic carbocycles. The number of nitrogens with one attached hydrogen (secondary N) is 1. The van der Waals surface area contributed by atoms with Crippen LogP contribution < -0.4 is 20.1 Å². The van der Waals surface area contributed by atoms with Crippen molar-refractivity contribution in [2.75, 3.05) is 31.1 Å². The number of fused-ring (bicyclic) bond motifs is 5. The van der Waals surface area contributed by atoms with Crippen molar-refractivity contribution in [2.24, 2.45) is 5.92 Å². The third kappa shape index (κ3) is 6.49. The summed E-state index contributed by atoms with van der Waals surface area (Å²) in [5.74, 6) is -1.32. The van der Waals surface area contributed by atoms with Crippen LogP contribution in [0.25, 0.3) is 44.2 Å². The van der Waals surface area contributed by atoms with E-state index in [0.717, 1.165) is 46.2 Å². The Morgan fingerprint density at radius 3 is 2.36 bits per heavy atom. The van der Waals surface area contributed by atoms with Gasteiger partial charge in [0.05, 0.1) is 11.0 Å². The van der Waals surface area contributed by atoms with E-state index < -0.39 is 28.5 Å². The summed E-state index contributed by atoms with van der Waals surface area (Å²) in [6.45, 7) is 7.51. The van der Waals surface area contributed by atoms with Crippen LogP contribution in [0.15, 0.2) is 131 Å². The molecule has 2 N–H and O–H groups in total. The first kappa shape index (κ1) is 38.9. The number of piperidine rings is 1. The summed E-state index contributed by atoms with van der Waals surface area (Å²) in [5.41, 5.74) is 8.50. The number of carboxylic acids is 1. The van der Waals surface area contributed by atoms with Crippen LogP contribution in [0.2, 0.25) is 0 Å². The molecule has 10 nitrogen and oxygen atoms in total. The molecule has 1 fully saturated rings. The predicted octanol–water partition coefficient (Wildman–Crippen LogP) is 8.44. The third-order valence-electron chi connectivity index (χ3n) is 13.4. The number of nitrogens with zero attached hydrogens (tertiary/aromatic N) is 3. The molecule has 10 rings (SSSR count). The quantitative estimate of drug-likeness (QED) is 0.122. The molecular formula is C50H47N4O6S+. The van der Waals surface area contributed by atoms with Crippen LogP contribution in [0.3, 0.4) is 0 Å². The SMILES string of the molecule is CC1N(c2ccc3c(-c4ccccc4S(=O)(=O)N4CCC(C(=O)NCC(=O)O)CC4)c4ccc(=[N+]5CCc6ccccc65)cc-4oc3c2)c2cc3ccccc3cc2C1(C)C. The number of hydrogen-bond donors (Lipinski definition) is 2. The van der Waals surface area contributed by atoms with Gasteiger partial charge in [0, 0.05) is 94.1 Å². The minimum absolute atomic E-state index is 0.122. The van der Waals surface area contributed by atoms with E-state index in [2.05, 4.69) is 133 Å². The topological polar surface area (TPSA) is 123 Å². The van der Waals surface area contributed by atoms with Crippen molar-refractivity contribution in [3.63, 3.8) is 0 Å². The van der Waals surface area contributed by atoms with Crippen LogP contribution in [0, 0.1) is 5.92 Å². The Morgan fingerprint density at radius 1 is 0.852 bits per heavy atom. The molecule has 1 unspecified atom stereocenters. The normalized spacial score (nSPS) is 18.7. The third-order valence-corrected chi connectivity index (χ3v) is 15.4. The van der Waals surface area contributed by atoms with Crippen LogP contribution >= 0.6 is 0 Å². The maximum Gasteiger partial charge on any atom is 0.322 e. The molecule has 4 heterocycles. The Balaban J connectivity index is 1.13. The Labute approximate surface area is 354 Å². The molecule has 1 aliphatic carbocycles. The first-order valence-corrected chi connectivity index (χ1v) is 22.4. The number of anilines is 2. The van der Waals surface area contributed by atoms with Gasteiger partial charge in [0.1, 0.15) is 17.9 Å². The fourth-order valence-electron chi connectivity index (χ4n) is 9.85. The lowest BCUT2D eigenvalue weighted by Gasteiger charge is -2.32. The number of amides is 1. The lowest BCUT2D eigenvalue weighted by molar-refractivity contribution is -0.138. The molecular weight excluding hydrogens is 785 g/mol. The monoisotopic (exact) mass is 831 g/mol. The number of para-hydroxylation sites is 1. The zero-order chi connectivity index (χ0) is 42.2. The molecule has 0 radical (unpaired) electrons. The van der Waals surface area contributed by atoms with Crippen molar-refractivity contribution in [3.8, 4) is 22.5 Å². The summed E-state index contributed by atoms with van der Waals surface area (Å²) in [4.78, 5) is 26.3. The van der Waals surface area contributed by atoms with Gasteiger partial charge in [0.15, 0.2) is 6.54 Å². The van der Waals surface area contributed by atoms with Gasteiger partial charge < -0.3 is 19.7 Å². The van der Waals surface area contributed by atoms with Gasteiger partial charge in [-0.2, -0.15) is 8.88 Å². The first-order valence-electron chi connectivity index (χ1n) is 21.0. The fourth-order valence-corrected chi connectivity index (χ4v) is 11.5. The lowest BCUT2D eigenvalue weighted by atomic mass is 9.80. The number of benzene rings is 6. The van der Waals surface area contributed by atoms with Crippen LogP contribution in [0.1, 0.15) is 44.7 Å². The molecule has 0 bridgehead atoms. The molecule has 5 aromatic rings. The van der Waals surface area contributed by atoms with Crippen LogP contribution in [0.4, 0.5) is 17.1 Å². The van der Waals surface area contributed by atoms with Crippen molar-refractivity contribution in [1.29, 1.82) is 0 Å². The number of aliphatic carboxylic acids is 1. The highest BCUT2D eigenvalue weighted by atomic mass is 32.2. The van der Waals surface area contributed by atoms with Gasteiger partial charge in [0.25, 0.3) is 0 Å². The van der Waals surface area contributed by atoms with E-state index in [4.69, 9.17) is 9.52 Å². The average molecular weight is 832 g/mol. The number of carboxylic acid groups (broad SMARTS) is 1. The maximum atomic E-state index is 14.7. The second-order valence-corrected chi connectivity index (χ2v) is 19.0. The maximum absolute atomic E-state index is 14.7. The van der Waals surface area contributed by atoms with E-state index >= 15 is 0 Å². The number of sulfonamides is 1. The molecule has 11 heteroatoms. The Morgan fingerprint density at radius 2 is 1.57 bits per heavy atom. The van der Waals surface area contributed by atoms with Crippen LogP contribution in [0.5, 0.6) is 0 Å². The molecule has 0 saturated carbocycles. The average Bonchev–Trinajstić information content (AvgIpc) is 3.78. The second-order valence-electron chi connectivity index (χ2n) is 17.1. The van der Waals surface area contributed by atoms with Gasteiger partial charge in [0.2, 0.25) is 27.0 Å². The van der Waals surface area contributed by atoms with Crippen LogP contribution in [-0.4, -0.2) is 61.9 Å². The van der Waals surface area contributed by atoms with E-state index in [1.54, 1.807) is 12.1 Å². The smallest absolute Gasteiger partial charge is 0.322 e. The van der Waals surface area contributed by atoms with Gasteiger partial charge in [-0.25, -0.2) is 8.42 Å². The number of hydrogen-bond acceptors (Lipinski definition) is 6. The minimum Gasteiger partial charge on any atom is -0.480 e. The van der Waals surface area contributed by atoms with Crippen molar-refractivity contribution in [1.82, 2.24) is 14.2 Å². The molecule has 1 saturated heterocycles. The van der Waals surface area contributed by atoms with Gasteiger partial charge in [-0.1, -0.05) is 74.5 Å². The zero-order valence-electron chi connectivity index (χ0n) is 34.4. The lowest BCUT2D eigenvalue weighted by Crippen LogP contribution is -2.43. The van der Waals surface area contributed by atoms with E-state index in [9.17, 15) is 18.0 Å². The van der Waals surface area contributed by atoms with E-state index in [1.165, 1.54) is 31.9 Å². The standard InChI is InChI=1S/C50H46N4O6S/c1-31-50(2,3)41-26-34-11-4-5-12-35(34)27-43(41)54(31)37-17-19-39-45(29-37)60-44-28-36(53-25-22-32-10-6-8-14-42(32)53)16-18-38(44)48(39)40-13-7-9-15-46(40)61(58,59)52-23-20-33(21-24-52)49(57)51-30-47(55)56/h4-19,26-29,31,33H,20-25,30H2,1-3H3,(H-,51,55,56,57)/p+1. The molecule has 1 atom stereocenters. The Bertz CT molecular complexity index is 3090. The van der Waals surface area contributed by atoms with E-state index in [0.29, 0.717) is 29.7 Å². The van der Waals surface area contributed by atoms with Gasteiger partial charge in [-0.05, 0) is 72.5 Å². The molecule has 0 spiro atoms. The fraction of sp³-hybridized carbons (Fsp3) is 0.260. The van der Waals surface area contributed by atoms with Crippen molar-refractivity contribution >= 4 is 60.7 Å². The van der Waals surface area contributed by atoms with Crippen molar-refractivity contribution < 1.29 is 27.5 Å². The summed E-state index contributed by atoms with van der Waals surface area (Å²) in [6, 6.07) is 41.3. The highest BCUT2D eigenvalue weighted by Crippen LogP contribution is 2.51. The van der Waals surface area contributed by atoms with Gasteiger partial charge >= 0.3 is 5.97 Å². The van der Waals surface area contributed by atoms with Gasteiger partial charge in [-0.3, -0.25) is 9.59 Å². The summed E-state index contributed by atoms with van der Waals surface area (Å²) >= 11 is 0. The van der Waals surface area contributed by atoms with Crippen LogP contribution in [-0.2, 0) is 31.4 Å². The highest BCUT2D eigenvalue weighted by Gasteiger charge is 2.43. The minimum atomic E-state index is -4.04. The summed E-state index contributed by atoms with van der Waals surface area (Å²) in [7, 11) is -4.04. The summed E-state index contributed by atoms with van der Waals surface area (Å²) in [5, 5.41) is 15.7. The summed E-state index contributed by atoms with van der Waals surface area (Å²) < 4.78 is 40.2.